The zero-order valence-corrected chi connectivity index (χ0v) is 10.6. The first-order valence-corrected chi connectivity index (χ1v) is 5.86. The molecule has 0 bridgehead atoms. The summed E-state index contributed by atoms with van der Waals surface area (Å²) in [6.45, 7) is 10.6. The Bertz CT molecular complexity index is 266. The van der Waals surface area contributed by atoms with Gasteiger partial charge in [-0.3, -0.25) is 0 Å². The van der Waals surface area contributed by atoms with Crippen molar-refractivity contribution in [2.75, 3.05) is 6.61 Å². The van der Waals surface area contributed by atoms with E-state index >= 15 is 0 Å². The van der Waals surface area contributed by atoms with Crippen molar-refractivity contribution in [2.24, 2.45) is 0 Å². The molecule has 0 aromatic heterocycles. The standard InChI is InChI=1S/C12H18O.C2H6/c1-9(2)11-5-4-6-12(7-11)10(3)8-13;1-2/h4-7,9-10,13H,8H2,1-3H3;1-2H3. The molecule has 1 rings (SSSR count). The third kappa shape index (κ3) is 4.48. The van der Waals surface area contributed by atoms with Crippen LogP contribution in [0, 0.1) is 0 Å². The van der Waals surface area contributed by atoms with Gasteiger partial charge >= 0.3 is 0 Å². The Morgan fingerprint density at radius 3 is 2.07 bits per heavy atom. The van der Waals surface area contributed by atoms with Crippen LogP contribution < -0.4 is 0 Å². The molecule has 1 atom stereocenters. The molecule has 1 nitrogen and oxygen atoms in total. The molecular formula is C14H24O. The third-order valence-corrected chi connectivity index (χ3v) is 2.42. The molecule has 86 valence electrons. The molecule has 0 aliphatic heterocycles. The SMILES string of the molecule is CC.CC(C)c1cccc(C(C)CO)c1. The summed E-state index contributed by atoms with van der Waals surface area (Å²) in [6.07, 6.45) is 0. The van der Waals surface area contributed by atoms with Gasteiger partial charge in [0.15, 0.2) is 0 Å². The van der Waals surface area contributed by atoms with Crippen LogP contribution in [0.1, 0.15) is 57.6 Å². The first kappa shape index (κ1) is 14.2. The maximum Gasteiger partial charge on any atom is 0.0497 e. The summed E-state index contributed by atoms with van der Waals surface area (Å²) in [4.78, 5) is 0. The maximum absolute atomic E-state index is 9.02. The second kappa shape index (κ2) is 7.47. The van der Waals surface area contributed by atoms with Crippen LogP contribution in [0.3, 0.4) is 0 Å². The van der Waals surface area contributed by atoms with E-state index in [0.29, 0.717) is 5.92 Å². The fourth-order valence-electron chi connectivity index (χ4n) is 1.33. The van der Waals surface area contributed by atoms with Gasteiger partial charge in [-0.05, 0) is 17.0 Å². The zero-order valence-electron chi connectivity index (χ0n) is 10.6. The van der Waals surface area contributed by atoms with E-state index in [0.717, 1.165) is 0 Å². The highest BCUT2D eigenvalue weighted by Crippen LogP contribution is 2.20. The van der Waals surface area contributed by atoms with Crippen LogP contribution in [0.2, 0.25) is 0 Å². The van der Waals surface area contributed by atoms with Gasteiger partial charge in [-0.15, -0.1) is 0 Å². The number of aliphatic hydroxyl groups excluding tert-OH is 1. The molecule has 0 saturated heterocycles. The summed E-state index contributed by atoms with van der Waals surface area (Å²) < 4.78 is 0. The molecule has 0 amide bonds. The summed E-state index contributed by atoms with van der Waals surface area (Å²) in [7, 11) is 0. The topological polar surface area (TPSA) is 20.2 Å². The molecule has 1 unspecified atom stereocenters. The molecule has 0 fully saturated rings. The van der Waals surface area contributed by atoms with Gasteiger partial charge in [-0.1, -0.05) is 58.9 Å². The lowest BCUT2D eigenvalue weighted by atomic mass is 9.95. The predicted octanol–water partition coefficient (Wildman–Crippen LogP) is 3.93. The number of hydrogen-bond acceptors (Lipinski definition) is 1. The number of hydrogen-bond donors (Lipinski definition) is 1. The molecule has 1 N–H and O–H groups in total. The Morgan fingerprint density at radius 2 is 1.60 bits per heavy atom. The van der Waals surface area contributed by atoms with Gasteiger partial charge in [-0.2, -0.15) is 0 Å². The summed E-state index contributed by atoms with van der Waals surface area (Å²) >= 11 is 0. The molecule has 1 aromatic carbocycles. The number of rotatable bonds is 3. The second-order valence-corrected chi connectivity index (χ2v) is 3.91. The molecule has 0 aliphatic rings. The van der Waals surface area contributed by atoms with Gasteiger partial charge in [0.2, 0.25) is 0 Å². The Morgan fingerprint density at radius 1 is 1.07 bits per heavy atom. The minimum absolute atomic E-state index is 0.224. The van der Waals surface area contributed by atoms with Gasteiger partial charge < -0.3 is 5.11 Å². The molecule has 0 heterocycles. The minimum Gasteiger partial charge on any atom is -0.396 e. The number of aliphatic hydroxyl groups is 1. The van der Waals surface area contributed by atoms with E-state index in [1.54, 1.807) is 0 Å². The average Bonchev–Trinajstić information content (AvgIpc) is 2.30. The first-order chi connectivity index (χ1) is 7.15. The van der Waals surface area contributed by atoms with E-state index in [4.69, 9.17) is 5.11 Å². The Kier molecular flexibility index (Phi) is 7.06. The van der Waals surface area contributed by atoms with E-state index in [-0.39, 0.29) is 12.5 Å². The molecule has 0 spiro atoms. The van der Waals surface area contributed by atoms with Gasteiger partial charge in [0.25, 0.3) is 0 Å². The Balaban J connectivity index is 0.000000921. The van der Waals surface area contributed by atoms with Crippen molar-refractivity contribution in [1.29, 1.82) is 0 Å². The van der Waals surface area contributed by atoms with Crippen molar-refractivity contribution < 1.29 is 5.11 Å². The quantitative estimate of drug-likeness (QED) is 0.798. The molecule has 1 heteroatoms. The average molecular weight is 208 g/mol. The highest BCUT2D eigenvalue weighted by atomic mass is 16.3. The molecule has 0 saturated carbocycles. The van der Waals surface area contributed by atoms with Gasteiger partial charge in [0.1, 0.15) is 0 Å². The number of benzene rings is 1. The van der Waals surface area contributed by atoms with Crippen molar-refractivity contribution in [1.82, 2.24) is 0 Å². The van der Waals surface area contributed by atoms with E-state index in [1.165, 1.54) is 11.1 Å². The molecule has 15 heavy (non-hydrogen) atoms. The smallest absolute Gasteiger partial charge is 0.0497 e. The first-order valence-electron chi connectivity index (χ1n) is 5.86. The molecular weight excluding hydrogens is 184 g/mol. The maximum atomic E-state index is 9.02. The van der Waals surface area contributed by atoms with Crippen LogP contribution in [0.4, 0.5) is 0 Å². The van der Waals surface area contributed by atoms with Crippen molar-refractivity contribution in [3.8, 4) is 0 Å². The zero-order chi connectivity index (χ0) is 11.8. The van der Waals surface area contributed by atoms with Crippen LogP contribution >= 0.6 is 0 Å². The van der Waals surface area contributed by atoms with Gasteiger partial charge in [0.05, 0.1) is 0 Å². The Labute approximate surface area is 94.2 Å². The van der Waals surface area contributed by atoms with Gasteiger partial charge in [-0.25, -0.2) is 0 Å². The fraction of sp³-hybridized carbons (Fsp3) is 0.571. The van der Waals surface area contributed by atoms with Crippen molar-refractivity contribution in [3.05, 3.63) is 35.4 Å². The third-order valence-electron chi connectivity index (χ3n) is 2.42. The van der Waals surface area contributed by atoms with Crippen LogP contribution in [0.15, 0.2) is 24.3 Å². The normalized spacial score (nSPS) is 11.9. The summed E-state index contributed by atoms with van der Waals surface area (Å²) in [5, 5.41) is 9.02. The van der Waals surface area contributed by atoms with Gasteiger partial charge in [0, 0.05) is 12.5 Å². The molecule has 1 aromatic rings. The van der Waals surface area contributed by atoms with E-state index in [2.05, 4.69) is 38.1 Å². The van der Waals surface area contributed by atoms with Crippen LogP contribution in [0.25, 0.3) is 0 Å². The lowest BCUT2D eigenvalue weighted by Gasteiger charge is -2.11. The second-order valence-electron chi connectivity index (χ2n) is 3.91. The fourth-order valence-corrected chi connectivity index (χ4v) is 1.33. The van der Waals surface area contributed by atoms with Crippen molar-refractivity contribution >= 4 is 0 Å². The van der Waals surface area contributed by atoms with Crippen LogP contribution in [-0.4, -0.2) is 11.7 Å². The lowest BCUT2D eigenvalue weighted by molar-refractivity contribution is 0.273. The lowest BCUT2D eigenvalue weighted by Crippen LogP contribution is -1.99. The van der Waals surface area contributed by atoms with E-state index in [1.807, 2.05) is 20.8 Å². The van der Waals surface area contributed by atoms with E-state index in [9.17, 15) is 0 Å². The largest absolute Gasteiger partial charge is 0.396 e. The molecule has 0 aliphatic carbocycles. The monoisotopic (exact) mass is 208 g/mol. The summed E-state index contributed by atoms with van der Waals surface area (Å²) in [5.74, 6) is 0.810. The molecule has 0 radical (unpaired) electrons. The van der Waals surface area contributed by atoms with Crippen LogP contribution in [0.5, 0.6) is 0 Å². The van der Waals surface area contributed by atoms with Crippen LogP contribution in [-0.2, 0) is 0 Å². The van der Waals surface area contributed by atoms with Crippen molar-refractivity contribution in [2.45, 2.75) is 46.5 Å². The van der Waals surface area contributed by atoms with E-state index < -0.39 is 0 Å². The Hall–Kier alpha value is -0.820. The highest BCUT2D eigenvalue weighted by Gasteiger charge is 2.05. The minimum atomic E-state index is 0.224. The summed E-state index contributed by atoms with van der Waals surface area (Å²) in [5.41, 5.74) is 2.58. The predicted molar refractivity (Wildman–Crippen MR) is 67.4 cm³/mol. The summed E-state index contributed by atoms with van der Waals surface area (Å²) in [6, 6.07) is 8.47. The van der Waals surface area contributed by atoms with Crippen molar-refractivity contribution in [3.63, 3.8) is 0 Å². The highest BCUT2D eigenvalue weighted by molar-refractivity contribution is 5.27.